The summed E-state index contributed by atoms with van der Waals surface area (Å²) in [5.41, 5.74) is 3.93. The fraction of sp³-hybridized carbons (Fsp3) is 0.238. The number of carbonyl (C=O) groups is 1. The highest BCUT2D eigenvalue weighted by Crippen LogP contribution is 2.14. The minimum atomic E-state index is -0.0875. The van der Waals surface area contributed by atoms with Crippen molar-refractivity contribution < 1.29 is 4.79 Å². The number of hydrogen-bond acceptors (Lipinski definition) is 2. The Morgan fingerprint density at radius 2 is 1.76 bits per heavy atom. The molecule has 0 unspecified atom stereocenters. The highest BCUT2D eigenvalue weighted by molar-refractivity contribution is 6.04. The van der Waals surface area contributed by atoms with Crippen molar-refractivity contribution in [3.63, 3.8) is 0 Å². The molecule has 0 radical (unpaired) electrons. The summed E-state index contributed by atoms with van der Waals surface area (Å²) in [5, 5.41) is 2.95. The Kier molecular flexibility index (Phi) is 5.62. The molecule has 0 atom stereocenters. The molecule has 0 aliphatic heterocycles. The quantitative estimate of drug-likeness (QED) is 0.690. The van der Waals surface area contributed by atoms with Gasteiger partial charge in [-0.1, -0.05) is 37.6 Å². The number of aryl methyl sites for hydroxylation is 1. The minimum Gasteiger partial charge on any atom is -0.333 e. The number of benzene rings is 2. The summed E-state index contributed by atoms with van der Waals surface area (Å²) >= 11 is 0. The predicted molar refractivity (Wildman–Crippen MR) is 101 cm³/mol. The number of carbonyl (C=O) groups excluding carboxylic acids is 1. The van der Waals surface area contributed by atoms with Crippen LogP contribution in [-0.2, 0) is 13.0 Å². The maximum atomic E-state index is 12.4. The lowest BCUT2D eigenvalue weighted by molar-refractivity contribution is 0.102. The van der Waals surface area contributed by atoms with Gasteiger partial charge >= 0.3 is 0 Å². The van der Waals surface area contributed by atoms with Gasteiger partial charge < -0.3 is 9.88 Å². The van der Waals surface area contributed by atoms with Crippen molar-refractivity contribution in [2.45, 2.75) is 32.7 Å². The maximum absolute atomic E-state index is 12.4. The number of rotatable bonds is 7. The first-order valence-corrected chi connectivity index (χ1v) is 8.69. The zero-order chi connectivity index (χ0) is 17.5. The van der Waals surface area contributed by atoms with Gasteiger partial charge in [0.1, 0.15) is 0 Å². The second-order valence-electron chi connectivity index (χ2n) is 6.19. The van der Waals surface area contributed by atoms with Crippen LogP contribution in [0.4, 0.5) is 5.69 Å². The Morgan fingerprint density at radius 3 is 2.40 bits per heavy atom. The van der Waals surface area contributed by atoms with Gasteiger partial charge in [0.2, 0.25) is 0 Å². The van der Waals surface area contributed by atoms with Crippen LogP contribution in [-0.4, -0.2) is 15.5 Å². The zero-order valence-electron chi connectivity index (χ0n) is 14.5. The van der Waals surface area contributed by atoms with Crippen LogP contribution in [0.5, 0.6) is 0 Å². The lowest BCUT2D eigenvalue weighted by Gasteiger charge is -2.08. The summed E-state index contributed by atoms with van der Waals surface area (Å²) in [7, 11) is 0. The standard InChI is InChI=1S/C21H23N3O/c1-2-3-4-17-7-11-20(12-8-17)23-21(25)19-9-5-18(6-10-19)15-24-14-13-22-16-24/h5-14,16H,2-4,15H2,1H3,(H,23,25). The molecule has 3 rings (SSSR count). The number of hydrogen-bond donors (Lipinski definition) is 1. The Morgan fingerprint density at radius 1 is 1.04 bits per heavy atom. The van der Waals surface area contributed by atoms with E-state index in [9.17, 15) is 4.79 Å². The fourth-order valence-corrected chi connectivity index (χ4v) is 2.69. The van der Waals surface area contributed by atoms with Crippen LogP contribution in [0, 0.1) is 0 Å². The summed E-state index contributed by atoms with van der Waals surface area (Å²) in [5.74, 6) is -0.0875. The van der Waals surface area contributed by atoms with Gasteiger partial charge in [-0.25, -0.2) is 4.98 Å². The molecule has 0 aliphatic carbocycles. The normalized spacial score (nSPS) is 10.6. The van der Waals surface area contributed by atoms with Gasteiger partial charge in [-0.15, -0.1) is 0 Å². The molecular formula is C21H23N3O. The molecule has 1 heterocycles. The third kappa shape index (κ3) is 4.80. The Bertz CT molecular complexity index is 790. The zero-order valence-corrected chi connectivity index (χ0v) is 14.5. The van der Waals surface area contributed by atoms with Gasteiger partial charge in [-0.05, 0) is 48.2 Å². The number of amides is 1. The van der Waals surface area contributed by atoms with Crippen molar-refractivity contribution in [1.29, 1.82) is 0 Å². The molecule has 4 heteroatoms. The maximum Gasteiger partial charge on any atom is 0.255 e. The number of imidazole rings is 1. The molecule has 1 amide bonds. The number of unbranched alkanes of at least 4 members (excludes halogenated alkanes) is 1. The van der Waals surface area contributed by atoms with E-state index in [0.29, 0.717) is 5.56 Å². The van der Waals surface area contributed by atoms with Crippen molar-refractivity contribution >= 4 is 11.6 Å². The second-order valence-corrected chi connectivity index (χ2v) is 6.19. The molecule has 0 saturated heterocycles. The van der Waals surface area contributed by atoms with Crippen molar-refractivity contribution in [3.05, 3.63) is 83.9 Å². The molecule has 1 aromatic heterocycles. The lowest BCUT2D eigenvalue weighted by Crippen LogP contribution is -2.12. The second kappa shape index (κ2) is 8.29. The molecule has 0 saturated carbocycles. The molecule has 3 aromatic rings. The average molecular weight is 333 g/mol. The van der Waals surface area contributed by atoms with E-state index >= 15 is 0 Å². The summed E-state index contributed by atoms with van der Waals surface area (Å²) in [6.07, 6.45) is 8.93. The third-order valence-corrected chi connectivity index (χ3v) is 4.17. The topological polar surface area (TPSA) is 46.9 Å². The van der Waals surface area contributed by atoms with Crippen LogP contribution < -0.4 is 5.32 Å². The molecule has 25 heavy (non-hydrogen) atoms. The van der Waals surface area contributed by atoms with Crippen molar-refractivity contribution in [1.82, 2.24) is 9.55 Å². The molecule has 0 spiro atoms. The van der Waals surface area contributed by atoms with Crippen molar-refractivity contribution in [2.24, 2.45) is 0 Å². The van der Waals surface area contributed by atoms with E-state index in [4.69, 9.17) is 0 Å². The smallest absolute Gasteiger partial charge is 0.255 e. The Labute approximate surface area is 148 Å². The fourth-order valence-electron chi connectivity index (χ4n) is 2.69. The van der Waals surface area contributed by atoms with Gasteiger partial charge in [0.25, 0.3) is 5.91 Å². The van der Waals surface area contributed by atoms with Crippen LogP contribution in [0.1, 0.15) is 41.3 Å². The van der Waals surface area contributed by atoms with Gasteiger partial charge in [0.15, 0.2) is 0 Å². The van der Waals surface area contributed by atoms with E-state index < -0.39 is 0 Å². The third-order valence-electron chi connectivity index (χ3n) is 4.17. The number of nitrogens with one attached hydrogen (secondary N) is 1. The molecule has 0 fully saturated rings. The van der Waals surface area contributed by atoms with Crippen LogP contribution in [0.25, 0.3) is 0 Å². The molecule has 2 aromatic carbocycles. The van der Waals surface area contributed by atoms with Crippen LogP contribution in [0.3, 0.4) is 0 Å². The molecular weight excluding hydrogens is 310 g/mol. The SMILES string of the molecule is CCCCc1ccc(NC(=O)c2ccc(Cn3ccnc3)cc2)cc1. The summed E-state index contributed by atoms with van der Waals surface area (Å²) in [6, 6.07) is 15.8. The van der Waals surface area contributed by atoms with Crippen molar-refractivity contribution in [2.75, 3.05) is 5.32 Å². The van der Waals surface area contributed by atoms with E-state index in [-0.39, 0.29) is 5.91 Å². The predicted octanol–water partition coefficient (Wildman–Crippen LogP) is 4.53. The first kappa shape index (κ1) is 17.0. The van der Waals surface area contributed by atoms with Gasteiger partial charge in [0.05, 0.1) is 6.33 Å². The van der Waals surface area contributed by atoms with E-state index in [2.05, 4.69) is 29.4 Å². The first-order chi connectivity index (χ1) is 12.2. The average Bonchev–Trinajstić information content (AvgIpc) is 3.15. The Hall–Kier alpha value is -2.88. The lowest BCUT2D eigenvalue weighted by atomic mass is 10.1. The van der Waals surface area contributed by atoms with Gasteiger partial charge in [-0.3, -0.25) is 4.79 Å². The molecule has 128 valence electrons. The number of aromatic nitrogens is 2. The highest BCUT2D eigenvalue weighted by atomic mass is 16.1. The van der Waals surface area contributed by atoms with E-state index in [1.54, 1.807) is 12.5 Å². The van der Waals surface area contributed by atoms with Crippen LogP contribution in [0.2, 0.25) is 0 Å². The van der Waals surface area contributed by atoms with E-state index in [1.165, 1.54) is 18.4 Å². The molecule has 1 N–H and O–H groups in total. The number of anilines is 1. The first-order valence-electron chi connectivity index (χ1n) is 8.69. The van der Waals surface area contributed by atoms with E-state index in [1.807, 2.05) is 47.2 Å². The summed E-state index contributed by atoms with van der Waals surface area (Å²) < 4.78 is 2.00. The van der Waals surface area contributed by atoms with Crippen LogP contribution >= 0.6 is 0 Å². The minimum absolute atomic E-state index is 0.0875. The van der Waals surface area contributed by atoms with Gasteiger partial charge in [0, 0.05) is 30.2 Å². The Balaban J connectivity index is 1.59. The summed E-state index contributed by atoms with van der Waals surface area (Å²) in [4.78, 5) is 16.4. The summed E-state index contributed by atoms with van der Waals surface area (Å²) in [6.45, 7) is 2.94. The van der Waals surface area contributed by atoms with Gasteiger partial charge in [-0.2, -0.15) is 0 Å². The highest BCUT2D eigenvalue weighted by Gasteiger charge is 2.06. The molecule has 0 aliphatic rings. The van der Waals surface area contributed by atoms with Crippen LogP contribution in [0.15, 0.2) is 67.3 Å². The number of nitrogens with zero attached hydrogens (tertiary/aromatic N) is 2. The molecule has 0 bridgehead atoms. The van der Waals surface area contributed by atoms with E-state index in [0.717, 1.165) is 24.2 Å². The monoisotopic (exact) mass is 333 g/mol. The molecule has 4 nitrogen and oxygen atoms in total. The largest absolute Gasteiger partial charge is 0.333 e. The van der Waals surface area contributed by atoms with Crippen molar-refractivity contribution in [3.8, 4) is 0 Å².